The van der Waals surface area contributed by atoms with E-state index < -0.39 is 0 Å². The molecule has 31 heavy (non-hydrogen) atoms. The quantitative estimate of drug-likeness (QED) is 0.653. The molecule has 1 aromatic carbocycles. The second kappa shape index (κ2) is 8.79. The van der Waals surface area contributed by atoms with E-state index in [1.807, 2.05) is 6.92 Å². The predicted octanol–water partition coefficient (Wildman–Crippen LogP) is 2.41. The fourth-order valence-electron chi connectivity index (χ4n) is 4.24. The summed E-state index contributed by atoms with van der Waals surface area (Å²) in [4.78, 5) is 32.0. The number of hydrogen-bond donors (Lipinski definition) is 1. The molecule has 164 valence electrons. The van der Waals surface area contributed by atoms with E-state index in [1.165, 1.54) is 15.5 Å². The number of nitrogens with one attached hydrogen (secondary N) is 1. The summed E-state index contributed by atoms with van der Waals surface area (Å²) in [7, 11) is 0. The number of piperidine rings is 1. The van der Waals surface area contributed by atoms with Crippen molar-refractivity contribution in [3.63, 3.8) is 0 Å². The Kier molecular flexibility index (Phi) is 5.92. The van der Waals surface area contributed by atoms with Gasteiger partial charge >= 0.3 is 5.69 Å². The summed E-state index contributed by atoms with van der Waals surface area (Å²) < 4.78 is 8.04. The molecule has 3 aromatic rings. The molecule has 3 heterocycles. The highest BCUT2D eigenvalue weighted by atomic mass is 16.5. The average Bonchev–Trinajstić information content (AvgIpc) is 3.04. The number of anilines is 2. The monoisotopic (exact) mass is 424 g/mol. The number of nitrogens with zero attached hydrogens (tertiary/aromatic N) is 5. The Hall–Kier alpha value is -3.36. The predicted molar refractivity (Wildman–Crippen MR) is 119 cm³/mol. The first-order valence-corrected chi connectivity index (χ1v) is 10.7. The molecule has 1 aliphatic heterocycles. The lowest BCUT2D eigenvalue weighted by atomic mass is 9.92. The second-order valence-electron chi connectivity index (χ2n) is 8.24. The van der Waals surface area contributed by atoms with E-state index in [-0.39, 0.29) is 18.1 Å². The highest BCUT2D eigenvalue weighted by molar-refractivity contribution is 5.90. The maximum Gasteiger partial charge on any atom is 0.350 e. The molecule has 0 bridgehead atoms. The zero-order chi connectivity index (χ0) is 22.0. The lowest BCUT2D eigenvalue weighted by Gasteiger charge is -2.35. The van der Waals surface area contributed by atoms with Gasteiger partial charge in [0.1, 0.15) is 12.3 Å². The summed E-state index contributed by atoms with van der Waals surface area (Å²) >= 11 is 0. The second-order valence-corrected chi connectivity index (χ2v) is 8.24. The molecule has 2 aromatic heterocycles. The molecule has 0 spiro atoms. The molecule has 0 radical (unpaired) electrons. The van der Waals surface area contributed by atoms with E-state index in [1.54, 1.807) is 36.7 Å². The Balaban J connectivity index is 1.54. The number of benzene rings is 1. The van der Waals surface area contributed by atoms with Crippen LogP contribution in [-0.2, 0) is 11.3 Å². The third-order valence-corrected chi connectivity index (χ3v) is 5.39. The van der Waals surface area contributed by atoms with Crippen molar-refractivity contribution in [3.05, 3.63) is 47.1 Å². The lowest BCUT2D eigenvalue weighted by Crippen LogP contribution is -2.39. The first kappa shape index (κ1) is 20.9. The number of hydrogen-bond acceptors (Lipinski definition) is 6. The van der Waals surface area contributed by atoms with Gasteiger partial charge in [-0.2, -0.15) is 0 Å². The molecule has 1 saturated heterocycles. The van der Waals surface area contributed by atoms with Crippen molar-refractivity contribution in [1.82, 2.24) is 19.2 Å². The van der Waals surface area contributed by atoms with Crippen molar-refractivity contribution in [2.45, 2.75) is 33.7 Å². The van der Waals surface area contributed by atoms with E-state index in [0.29, 0.717) is 35.6 Å². The Labute approximate surface area is 180 Å². The normalized spacial score (nSPS) is 18.9. The van der Waals surface area contributed by atoms with Gasteiger partial charge in [0.25, 0.3) is 0 Å². The molecule has 2 atom stereocenters. The minimum absolute atomic E-state index is 0.181. The maximum absolute atomic E-state index is 12.8. The lowest BCUT2D eigenvalue weighted by molar-refractivity contribution is -0.117. The van der Waals surface area contributed by atoms with E-state index in [2.05, 4.69) is 34.1 Å². The molecule has 1 aliphatic rings. The standard InChI is InChI=1S/C22H28N6O3/c1-4-31-18-7-5-17(6-8-18)24-19(29)14-28-22(30)27-10-9-23-20(21(27)25-28)26-12-15(2)11-16(3)13-26/h5-10,15-16H,4,11-14H2,1-3H3,(H,24,29)/t15-,16-/m0/s1. The van der Waals surface area contributed by atoms with Crippen molar-refractivity contribution in [3.8, 4) is 5.75 Å². The molecule has 1 fully saturated rings. The number of amides is 1. The Morgan fingerprint density at radius 2 is 1.90 bits per heavy atom. The van der Waals surface area contributed by atoms with E-state index in [0.717, 1.165) is 18.8 Å². The zero-order valence-electron chi connectivity index (χ0n) is 18.1. The molecule has 4 rings (SSSR count). The van der Waals surface area contributed by atoms with Gasteiger partial charge in [0.2, 0.25) is 11.6 Å². The van der Waals surface area contributed by atoms with E-state index in [4.69, 9.17) is 4.74 Å². The van der Waals surface area contributed by atoms with Crippen LogP contribution >= 0.6 is 0 Å². The van der Waals surface area contributed by atoms with Crippen LogP contribution in [0.4, 0.5) is 11.5 Å². The molecule has 9 heteroatoms. The van der Waals surface area contributed by atoms with Crippen LogP contribution in [0.2, 0.25) is 0 Å². The van der Waals surface area contributed by atoms with Crippen LogP contribution in [0.25, 0.3) is 5.65 Å². The van der Waals surface area contributed by atoms with Crippen LogP contribution in [-0.4, -0.2) is 44.8 Å². The summed E-state index contributed by atoms with van der Waals surface area (Å²) in [6, 6.07) is 7.09. The molecule has 0 aliphatic carbocycles. The SMILES string of the molecule is CCOc1ccc(NC(=O)Cn2nc3c(N4C[C@@H](C)C[C@H](C)C4)nccn3c2=O)cc1. The van der Waals surface area contributed by atoms with Gasteiger partial charge in [0, 0.05) is 31.2 Å². The third kappa shape index (κ3) is 4.55. The molecule has 0 saturated carbocycles. The van der Waals surface area contributed by atoms with Gasteiger partial charge in [-0.3, -0.25) is 4.79 Å². The van der Waals surface area contributed by atoms with Gasteiger partial charge in [0.05, 0.1) is 6.61 Å². The molecule has 1 N–H and O–H groups in total. The Morgan fingerprint density at radius 3 is 2.58 bits per heavy atom. The fourth-order valence-corrected chi connectivity index (χ4v) is 4.24. The van der Waals surface area contributed by atoms with Crippen LogP contribution in [0.15, 0.2) is 41.5 Å². The van der Waals surface area contributed by atoms with Crippen LogP contribution in [0.3, 0.4) is 0 Å². The smallest absolute Gasteiger partial charge is 0.350 e. The molecular formula is C22H28N6O3. The number of rotatable bonds is 6. The molecule has 9 nitrogen and oxygen atoms in total. The van der Waals surface area contributed by atoms with Gasteiger partial charge in [-0.25, -0.2) is 18.9 Å². The first-order chi connectivity index (χ1) is 14.9. The minimum Gasteiger partial charge on any atom is -0.494 e. The average molecular weight is 425 g/mol. The van der Waals surface area contributed by atoms with E-state index >= 15 is 0 Å². The third-order valence-electron chi connectivity index (χ3n) is 5.39. The first-order valence-electron chi connectivity index (χ1n) is 10.7. The Bertz CT molecular complexity index is 1110. The van der Waals surface area contributed by atoms with Gasteiger partial charge in [0.15, 0.2) is 5.82 Å². The van der Waals surface area contributed by atoms with E-state index in [9.17, 15) is 9.59 Å². The van der Waals surface area contributed by atoms with Crippen molar-refractivity contribution in [2.75, 3.05) is 29.9 Å². The number of aromatic nitrogens is 4. The van der Waals surface area contributed by atoms with Crippen molar-refractivity contribution >= 4 is 23.1 Å². The van der Waals surface area contributed by atoms with Gasteiger partial charge in [-0.15, -0.1) is 5.10 Å². The summed E-state index contributed by atoms with van der Waals surface area (Å²) in [5, 5.41) is 7.23. The zero-order valence-corrected chi connectivity index (χ0v) is 18.1. The number of fused-ring (bicyclic) bond motifs is 1. The van der Waals surface area contributed by atoms with Crippen LogP contribution in [0, 0.1) is 11.8 Å². The topological polar surface area (TPSA) is 93.8 Å². The van der Waals surface area contributed by atoms with Crippen molar-refractivity contribution in [1.29, 1.82) is 0 Å². The van der Waals surface area contributed by atoms with Crippen LogP contribution in [0.5, 0.6) is 5.75 Å². The van der Waals surface area contributed by atoms with Gasteiger partial charge in [-0.1, -0.05) is 13.8 Å². The molecule has 0 unspecified atom stereocenters. The van der Waals surface area contributed by atoms with Crippen molar-refractivity contribution in [2.24, 2.45) is 11.8 Å². The summed E-state index contributed by atoms with van der Waals surface area (Å²) in [6.45, 7) is 8.49. The van der Waals surface area contributed by atoms with Crippen molar-refractivity contribution < 1.29 is 9.53 Å². The number of ether oxygens (including phenoxy) is 1. The van der Waals surface area contributed by atoms with Gasteiger partial charge in [-0.05, 0) is 49.4 Å². The number of carbonyl (C=O) groups is 1. The number of carbonyl (C=O) groups excluding carboxylic acids is 1. The van der Waals surface area contributed by atoms with Gasteiger partial charge < -0.3 is 15.0 Å². The highest BCUT2D eigenvalue weighted by Gasteiger charge is 2.25. The summed E-state index contributed by atoms with van der Waals surface area (Å²) in [5.41, 5.74) is 0.741. The maximum atomic E-state index is 12.8. The summed E-state index contributed by atoms with van der Waals surface area (Å²) in [6.07, 6.45) is 4.37. The molecular weight excluding hydrogens is 396 g/mol. The minimum atomic E-state index is -0.362. The Morgan fingerprint density at radius 1 is 1.19 bits per heavy atom. The summed E-state index contributed by atoms with van der Waals surface area (Å²) in [5.74, 6) is 2.17. The molecule has 1 amide bonds. The van der Waals surface area contributed by atoms with Crippen LogP contribution < -0.4 is 20.6 Å². The van der Waals surface area contributed by atoms with Crippen LogP contribution in [0.1, 0.15) is 27.2 Å². The fraction of sp³-hybridized carbons (Fsp3) is 0.455. The highest BCUT2D eigenvalue weighted by Crippen LogP contribution is 2.26. The largest absolute Gasteiger partial charge is 0.494 e.